The van der Waals surface area contributed by atoms with E-state index in [-0.39, 0.29) is 16.2 Å². The molecule has 0 radical (unpaired) electrons. The normalized spacial score (nSPS) is 11.3. The van der Waals surface area contributed by atoms with Crippen molar-refractivity contribution in [2.75, 3.05) is 12.4 Å². The average molecular weight is 449 g/mol. The van der Waals surface area contributed by atoms with Crippen molar-refractivity contribution >= 4 is 27.8 Å². The van der Waals surface area contributed by atoms with Gasteiger partial charge in [0.1, 0.15) is 28.0 Å². The second-order valence-corrected chi connectivity index (χ2v) is 8.29. The Morgan fingerprint density at radius 1 is 1.03 bits per heavy atom. The van der Waals surface area contributed by atoms with Crippen LogP contribution in [-0.2, 0) is 14.9 Å². The highest BCUT2D eigenvalue weighted by molar-refractivity contribution is 7.87. The Kier molecular flexibility index (Phi) is 6.93. The lowest BCUT2D eigenvalue weighted by molar-refractivity contribution is -0.112. The minimum Gasteiger partial charge on any atom is -0.495 e. The van der Waals surface area contributed by atoms with Crippen LogP contribution in [0, 0.1) is 18.3 Å². The van der Waals surface area contributed by atoms with Crippen molar-refractivity contribution in [2.24, 2.45) is 0 Å². The van der Waals surface area contributed by atoms with Crippen LogP contribution in [0.5, 0.6) is 11.5 Å². The number of carbonyl (C=O) groups excluding carboxylic acids is 1. The summed E-state index contributed by atoms with van der Waals surface area (Å²) in [5, 5.41) is 12.1. The molecule has 8 heteroatoms. The zero-order valence-electron chi connectivity index (χ0n) is 17.4. The van der Waals surface area contributed by atoms with Gasteiger partial charge in [-0.2, -0.15) is 13.7 Å². The Bertz CT molecular complexity index is 1310. The number of amides is 1. The lowest BCUT2D eigenvalue weighted by atomic mass is 10.1. The number of nitrogens with one attached hydrogen (secondary N) is 1. The van der Waals surface area contributed by atoms with Gasteiger partial charge in [-0.15, -0.1) is 0 Å². The summed E-state index contributed by atoms with van der Waals surface area (Å²) in [5.41, 5.74) is 1.59. The Morgan fingerprint density at radius 3 is 2.44 bits per heavy atom. The minimum absolute atomic E-state index is 0.0259. The van der Waals surface area contributed by atoms with Crippen molar-refractivity contribution in [1.29, 1.82) is 5.26 Å². The lowest BCUT2D eigenvalue weighted by Gasteiger charge is -2.09. The topological polar surface area (TPSA) is 105 Å². The molecular weight excluding hydrogens is 428 g/mol. The molecule has 0 saturated carbocycles. The molecule has 0 spiro atoms. The smallest absolute Gasteiger partial charge is 0.339 e. The van der Waals surface area contributed by atoms with Gasteiger partial charge in [0.15, 0.2) is 0 Å². The molecule has 1 N–H and O–H groups in total. The molecule has 0 aliphatic heterocycles. The van der Waals surface area contributed by atoms with Gasteiger partial charge < -0.3 is 14.2 Å². The summed E-state index contributed by atoms with van der Waals surface area (Å²) >= 11 is 0. The van der Waals surface area contributed by atoms with Crippen LogP contribution in [0.15, 0.2) is 83.3 Å². The first-order valence-corrected chi connectivity index (χ1v) is 10.9. The minimum atomic E-state index is -4.02. The van der Waals surface area contributed by atoms with Crippen LogP contribution in [0.1, 0.15) is 11.1 Å². The van der Waals surface area contributed by atoms with E-state index in [1.54, 1.807) is 48.5 Å². The molecular formula is C24H20N2O5S. The lowest BCUT2D eigenvalue weighted by Crippen LogP contribution is -2.14. The van der Waals surface area contributed by atoms with Crippen LogP contribution in [0.2, 0.25) is 0 Å². The van der Waals surface area contributed by atoms with E-state index in [4.69, 9.17) is 8.92 Å². The van der Waals surface area contributed by atoms with Crippen molar-refractivity contribution in [2.45, 2.75) is 11.8 Å². The summed E-state index contributed by atoms with van der Waals surface area (Å²) in [7, 11) is -2.55. The molecule has 0 saturated heterocycles. The number of anilines is 1. The van der Waals surface area contributed by atoms with Crippen LogP contribution in [0.3, 0.4) is 0 Å². The van der Waals surface area contributed by atoms with Crippen LogP contribution >= 0.6 is 0 Å². The Hall–Kier alpha value is -4.09. The van der Waals surface area contributed by atoms with Crippen molar-refractivity contribution in [1.82, 2.24) is 0 Å². The Balaban J connectivity index is 1.82. The van der Waals surface area contributed by atoms with Gasteiger partial charge >= 0.3 is 10.1 Å². The van der Waals surface area contributed by atoms with Crippen molar-refractivity contribution in [3.05, 3.63) is 89.5 Å². The monoisotopic (exact) mass is 448 g/mol. The van der Waals surface area contributed by atoms with Gasteiger partial charge in [-0.25, -0.2) is 0 Å². The van der Waals surface area contributed by atoms with Crippen molar-refractivity contribution in [3.63, 3.8) is 0 Å². The van der Waals surface area contributed by atoms with Crippen molar-refractivity contribution < 1.29 is 22.1 Å². The predicted molar refractivity (Wildman–Crippen MR) is 121 cm³/mol. The molecule has 0 aliphatic rings. The zero-order chi connectivity index (χ0) is 23.1. The number of hydrogen-bond acceptors (Lipinski definition) is 6. The number of benzene rings is 3. The van der Waals surface area contributed by atoms with E-state index < -0.39 is 16.0 Å². The fourth-order valence-corrected chi connectivity index (χ4v) is 3.71. The molecule has 3 rings (SSSR count). The number of rotatable bonds is 7. The highest BCUT2D eigenvalue weighted by atomic mass is 32.2. The SMILES string of the molecule is COc1ccccc1NC(=O)/C(C#N)=C/c1cccc(OS(=O)(=O)c2ccc(C)cc2)c1. The zero-order valence-corrected chi connectivity index (χ0v) is 18.2. The van der Waals surface area contributed by atoms with E-state index in [9.17, 15) is 18.5 Å². The van der Waals surface area contributed by atoms with E-state index in [0.29, 0.717) is 17.0 Å². The Morgan fingerprint density at radius 2 is 1.75 bits per heavy atom. The second-order valence-electron chi connectivity index (χ2n) is 6.75. The number of hydrogen-bond donors (Lipinski definition) is 1. The average Bonchev–Trinajstić information content (AvgIpc) is 2.78. The maximum Gasteiger partial charge on any atom is 0.339 e. The third kappa shape index (κ3) is 5.53. The second kappa shape index (κ2) is 9.81. The van der Waals surface area contributed by atoms with Gasteiger partial charge in [-0.05, 0) is 55.0 Å². The van der Waals surface area contributed by atoms with E-state index in [1.807, 2.05) is 13.0 Å². The predicted octanol–water partition coefficient (Wildman–Crippen LogP) is 4.32. The molecule has 162 valence electrons. The summed E-state index contributed by atoms with van der Waals surface area (Å²) < 4.78 is 35.4. The van der Waals surface area contributed by atoms with E-state index in [2.05, 4.69) is 5.32 Å². The fourth-order valence-electron chi connectivity index (χ4n) is 2.79. The van der Waals surface area contributed by atoms with E-state index in [0.717, 1.165) is 5.56 Å². The number of nitriles is 1. The molecule has 0 aromatic heterocycles. The first kappa shape index (κ1) is 22.6. The van der Waals surface area contributed by atoms with Gasteiger partial charge in [0.25, 0.3) is 5.91 Å². The first-order chi connectivity index (χ1) is 15.3. The summed E-state index contributed by atoms with van der Waals surface area (Å²) in [4.78, 5) is 12.6. The number of aryl methyl sites for hydroxylation is 1. The molecule has 32 heavy (non-hydrogen) atoms. The number of nitrogens with zero attached hydrogens (tertiary/aromatic N) is 1. The van der Waals surface area contributed by atoms with Crippen LogP contribution < -0.4 is 14.2 Å². The molecule has 0 aliphatic carbocycles. The molecule has 0 atom stereocenters. The highest BCUT2D eigenvalue weighted by Crippen LogP contribution is 2.25. The van der Waals surface area contributed by atoms with Crippen LogP contribution in [-0.4, -0.2) is 21.4 Å². The van der Waals surface area contributed by atoms with Crippen LogP contribution in [0.4, 0.5) is 5.69 Å². The molecule has 3 aromatic carbocycles. The Labute approximate surface area is 186 Å². The third-order valence-electron chi connectivity index (χ3n) is 4.40. The third-order valence-corrected chi connectivity index (χ3v) is 5.67. The molecule has 0 unspecified atom stereocenters. The van der Waals surface area contributed by atoms with Gasteiger partial charge in [0.05, 0.1) is 12.8 Å². The number of ether oxygens (including phenoxy) is 1. The molecule has 3 aromatic rings. The van der Waals surface area contributed by atoms with Gasteiger partial charge in [0, 0.05) is 0 Å². The first-order valence-electron chi connectivity index (χ1n) is 9.50. The summed E-state index contributed by atoms with van der Waals surface area (Å²) in [6.07, 6.45) is 1.34. The van der Waals surface area contributed by atoms with E-state index >= 15 is 0 Å². The van der Waals surface area contributed by atoms with Gasteiger partial charge in [-0.3, -0.25) is 4.79 Å². The quantitative estimate of drug-likeness (QED) is 0.328. The molecule has 1 amide bonds. The molecule has 0 fully saturated rings. The number of para-hydroxylation sites is 2. The summed E-state index contributed by atoms with van der Waals surface area (Å²) in [6, 6.07) is 21.0. The standard InChI is InChI=1S/C24H20N2O5S/c1-17-10-12-21(13-11-17)32(28,29)31-20-7-5-6-18(15-20)14-19(16-25)24(27)26-22-8-3-4-9-23(22)30-2/h3-15H,1-2H3,(H,26,27)/b19-14+. The maximum absolute atomic E-state index is 12.6. The highest BCUT2D eigenvalue weighted by Gasteiger charge is 2.17. The maximum atomic E-state index is 12.6. The largest absolute Gasteiger partial charge is 0.495 e. The summed E-state index contributed by atoms with van der Waals surface area (Å²) in [6.45, 7) is 1.85. The summed E-state index contributed by atoms with van der Waals surface area (Å²) in [5.74, 6) is -0.118. The van der Waals surface area contributed by atoms with E-state index in [1.165, 1.54) is 37.5 Å². The van der Waals surface area contributed by atoms with Gasteiger partial charge in [0.2, 0.25) is 0 Å². The number of methoxy groups -OCH3 is 1. The molecule has 0 bridgehead atoms. The molecule has 0 heterocycles. The molecule has 7 nitrogen and oxygen atoms in total. The van der Waals surface area contributed by atoms with Gasteiger partial charge in [-0.1, -0.05) is 42.0 Å². The van der Waals surface area contributed by atoms with Crippen molar-refractivity contribution in [3.8, 4) is 17.6 Å². The fraction of sp³-hybridized carbons (Fsp3) is 0.0833. The number of carbonyl (C=O) groups is 1. The van der Waals surface area contributed by atoms with Crippen LogP contribution in [0.25, 0.3) is 6.08 Å².